The van der Waals surface area contributed by atoms with Crippen molar-refractivity contribution in [2.24, 2.45) is 5.92 Å². The lowest BCUT2D eigenvalue weighted by atomic mass is 10.1. The van der Waals surface area contributed by atoms with E-state index in [0.29, 0.717) is 21.8 Å². The molecule has 1 aromatic rings. The van der Waals surface area contributed by atoms with Gasteiger partial charge in [0.15, 0.2) is 0 Å². The molecule has 0 amide bonds. The summed E-state index contributed by atoms with van der Waals surface area (Å²) in [6.07, 6.45) is 0.978. The van der Waals surface area contributed by atoms with Crippen LogP contribution in [0.25, 0.3) is 0 Å². The number of ether oxygens (including phenoxy) is 1. The van der Waals surface area contributed by atoms with E-state index in [1.807, 2.05) is 6.92 Å². The number of nitrogens with zero attached hydrogens (tertiary/aromatic N) is 1. The second-order valence-corrected chi connectivity index (χ2v) is 5.01. The highest BCUT2D eigenvalue weighted by atomic mass is 35.5. The first-order chi connectivity index (χ1) is 7.40. The number of pyridine rings is 1. The van der Waals surface area contributed by atoms with Crippen molar-refractivity contribution in [2.45, 2.75) is 33.3 Å². The molecule has 1 atom stereocenters. The number of hydrogen-bond acceptors (Lipinski definition) is 3. The van der Waals surface area contributed by atoms with Crippen LogP contribution in [0.3, 0.4) is 0 Å². The largest absolute Gasteiger partial charge is 0.474 e. The van der Waals surface area contributed by atoms with Crippen LogP contribution in [0.4, 0.5) is 5.82 Å². The standard InChI is InChI=1S/C11H16Cl2N2O/c1-6(2)4-7(3)16-11-9(13)5-8(12)10(14)15-11/h5-7H,4H2,1-3H3,(H2,14,15). The van der Waals surface area contributed by atoms with E-state index in [2.05, 4.69) is 18.8 Å². The molecule has 2 N–H and O–H groups in total. The molecule has 0 radical (unpaired) electrons. The quantitative estimate of drug-likeness (QED) is 0.899. The molecule has 0 aromatic carbocycles. The Morgan fingerprint density at radius 3 is 2.50 bits per heavy atom. The topological polar surface area (TPSA) is 48.1 Å². The molecule has 5 heteroatoms. The average molecular weight is 263 g/mol. The zero-order chi connectivity index (χ0) is 12.3. The normalized spacial score (nSPS) is 12.9. The molecule has 0 saturated heterocycles. The van der Waals surface area contributed by atoms with Gasteiger partial charge in [0.1, 0.15) is 10.8 Å². The molecule has 1 heterocycles. The first-order valence-corrected chi connectivity index (χ1v) is 5.94. The summed E-state index contributed by atoms with van der Waals surface area (Å²) in [5.74, 6) is 1.13. The number of aromatic nitrogens is 1. The molecule has 16 heavy (non-hydrogen) atoms. The Morgan fingerprint density at radius 1 is 1.31 bits per heavy atom. The number of hydrogen-bond donors (Lipinski definition) is 1. The smallest absolute Gasteiger partial charge is 0.234 e. The summed E-state index contributed by atoms with van der Waals surface area (Å²) in [5, 5.41) is 0.726. The predicted molar refractivity (Wildman–Crippen MR) is 68.2 cm³/mol. The van der Waals surface area contributed by atoms with Gasteiger partial charge >= 0.3 is 0 Å². The van der Waals surface area contributed by atoms with Gasteiger partial charge in [-0.25, -0.2) is 0 Å². The molecule has 0 bridgehead atoms. The van der Waals surface area contributed by atoms with Gasteiger partial charge in [-0.05, 0) is 25.3 Å². The Hall–Kier alpha value is -0.670. The number of nitrogen functional groups attached to an aromatic ring is 1. The van der Waals surface area contributed by atoms with Gasteiger partial charge in [0.05, 0.1) is 11.1 Å². The Bertz CT molecular complexity index is 369. The first kappa shape index (κ1) is 13.4. The first-order valence-electron chi connectivity index (χ1n) is 5.18. The lowest BCUT2D eigenvalue weighted by molar-refractivity contribution is 0.186. The molecule has 0 fully saturated rings. The maximum Gasteiger partial charge on any atom is 0.234 e. The summed E-state index contributed by atoms with van der Waals surface area (Å²) in [6, 6.07) is 1.54. The summed E-state index contributed by atoms with van der Waals surface area (Å²) in [4.78, 5) is 4.01. The van der Waals surface area contributed by atoms with E-state index in [4.69, 9.17) is 33.7 Å². The van der Waals surface area contributed by atoms with Crippen molar-refractivity contribution in [3.05, 3.63) is 16.1 Å². The van der Waals surface area contributed by atoms with E-state index < -0.39 is 0 Å². The minimum Gasteiger partial charge on any atom is -0.474 e. The van der Waals surface area contributed by atoms with Crippen LogP contribution in [-0.2, 0) is 0 Å². The number of anilines is 1. The molecule has 0 spiro atoms. The van der Waals surface area contributed by atoms with Gasteiger partial charge in [-0.2, -0.15) is 4.98 Å². The van der Waals surface area contributed by atoms with Crippen LogP contribution in [0.1, 0.15) is 27.2 Å². The molecule has 1 aromatic heterocycles. The Labute approximate surface area is 106 Å². The summed E-state index contributed by atoms with van der Waals surface area (Å²) in [7, 11) is 0. The van der Waals surface area contributed by atoms with E-state index in [0.717, 1.165) is 6.42 Å². The second-order valence-electron chi connectivity index (χ2n) is 4.20. The molecule has 0 aliphatic rings. The Kier molecular flexibility index (Phi) is 4.69. The zero-order valence-electron chi connectivity index (χ0n) is 9.63. The van der Waals surface area contributed by atoms with Gasteiger partial charge < -0.3 is 10.5 Å². The van der Waals surface area contributed by atoms with Crippen LogP contribution >= 0.6 is 23.2 Å². The van der Waals surface area contributed by atoms with Gasteiger partial charge in [0.2, 0.25) is 5.88 Å². The fraction of sp³-hybridized carbons (Fsp3) is 0.545. The lowest BCUT2D eigenvalue weighted by Crippen LogP contribution is -2.15. The fourth-order valence-electron chi connectivity index (χ4n) is 1.45. The molecule has 1 unspecified atom stereocenters. The van der Waals surface area contributed by atoms with Gasteiger partial charge in [0.25, 0.3) is 0 Å². The van der Waals surface area contributed by atoms with E-state index >= 15 is 0 Å². The summed E-state index contributed by atoms with van der Waals surface area (Å²) < 4.78 is 5.61. The van der Waals surface area contributed by atoms with Crippen LogP contribution < -0.4 is 10.5 Å². The zero-order valence-corrected chi connectivity index (χ0v) is 11.1. The molecule has 90 valence electrons. The molecule has 1 rings (SSSR count). The second kappa shape index (κ2) is 5.60. The van der Waals surface area contributed by atoms with Gasteiger partial charge in [-0.1, -0.05) is 37.0 Å². The molecule has 3 nitrogen and oxygen atoms in total. The maximum atomic E-state index is 5.95. The summed E-state index contributed by atoms with van der Waals surface area (Å²) in [6.45, 7) is 6.24. The third kappa shape index (κ3) is 3.72. The maximum absolute atomic E-state index is 5.95. The van der Waals surface area contributed by atoms with Crippen molar-refractivity contribution in [1.29, 1.82) is 0 Å². The van der Waals surface area contributed by atoms with Crippen molar-refractivity contribution in [2.75, 3.05) is 5.73 Å². The molecule has 0 saturated carbocycles. The lowest BCUT2D eigenvalue weighted by Gasteiger charge is -2.17. The van der Waals surface area contributed by atoms with E-state index in [-0.39, 0.29) is 11.9 Å². The van der Waals surface area contributed by atoms with Crippen molar-refractivity contribution in [3.8, 4) is 5.88 Å². The van der Waals surface area contributed by atoms with E-state index in [1.54, 1.807) is 6.07 Å². The van der Waals surface area contributed by atoms with Crippen molar-refractivity contribution in [1.82, 2.24) is 4.98 Å². The Morgan fingerprint density at radius 2 is 1.94 bits per heavy atom. The summed E-state index contributed by atoms with van der Waals surface area (Å²) in [5.41, 5.74) is 5.58. The Balaban J connectivity index is 2.77. The molecular weight excluding hydrogens is 247 g/mol. The predicted octanol–water partition coefficient (Wildman–Crippen LogP) is 3.78. The number of halogens is 2. The average Bonchev–Trinajstić information content (AvgIpc) is 2.12. The van der Waals surface area contributed by atoms with Crippen molar-refractivity contribution >= 4 is 29.0 Å². The highest BCUT2D eigenvalue weighted by molar-refractivity contribution is 6.36. The molecular formula is C11H16Cl2N2O. The fourth-order valence-corrected chi connectivity index (χ4v) is 1.85. The minimum absolute atomic E-state index is 0.0468. The molecule has 0 aliphatic carbocycles. The van der Waals surface area contributed by atoms with Crippen molar-refractivity contribution in [3.63, 3.8) is 0 Å². The summed E-state index contributed by atoms with van der Waals surface area (Å²) >= 11 is 11.7. The van der Waals surface area contributed by atoms with Gasteiger partial charge in [-0.15, -0.1) is 0 Å². The van der Waals surface area contributed by atoms with E-state index in [1.165, 1.54) is 0 Å². The number of nitrogens with two attached hydrogens (primary N) is 1. The third-order valence-corrected chi connectivity index (χ3v) is 2.61. The van der Waals surface area contributed by atoms with Gasteiger partial charge in [0, 0.05) is 0 Å². The SMILES string of the molecule is CC(C)CC(C)Oc1nc(N)c(Cl)cc1Cl. The monoisotopic (exact) mass is 262 g/mol. The number of rotatable bonds is 4. The van der Waals surface area contributed by atoms with Crippen LogP contribution in [0.5, 0.6) is 5.88 Å². The highest BCUT2D eigenvalue weighted by Gasteiger charge is 2.12. The minimum atomic E-state index is 0.0468. The van der Waals surface area contributed by atoms with Crippen molar-refractivity contribution < 1.29 is 4.74 Å². The third-order valence-electron chi connectivity index (χ3n) is 2.04. The van der Waals surface area contributed by atoms with E-state index in [9.17, 15) is 0 Å². The van der Waals surface area contributed by atoms with Gasteiger partial charge in [-0.3, -0.25) is 0 Å². The van der Waals surface area contributed by atoms with Crippen LogP contribution in [0.2, 0.25) is 10.0 Å². The highest BCUT2D eigenvalue weighted by Crippen LogP contribution is 2.30. The van der Waals surface area contributed by atoms with Crippen LogP contribution in [-0.4, -0.2) is 11.1 Å². The molecule has 0 aliphatic heterocycles. The van der Waals surface area contributed by atoms with Crippen LogP contribution in [0.15, 0.2) is 6.07 Å². The van der Waals surface area contributed by atoms with Crippen LogP contribution in [0, 0.1) is 5.92 Å².